The Morgan fingerprint density at radius 2 is 1.91 bits per heavy atom. The molecule has 0 spiro atoms. The van der Waals surface area contributed by atoms with E-state index in [0.29, 0.717) is 0 Å². The predicted octanol–water partition coefficient (Wildman–Crippen LogP) is 3.73. The number of benzene rings is 1. The molecule has 0 aliphatic carbocycles. The van der Waals surface area contributed by atoms with Crippen molar-refractivity contribution in [3.63, 3.8) is 0 Å². The van der Waals surface area contributed by atoms with E-state index in [2.05, 4.69) is 25.6 Å². The summed E-state index contributed by atoms with van der Waals surface area (Å²) in [6.07, 6.45) is 5.03. The largest absolute Gasteiger partial charge is 0.473 e. The summed E-state index contributed by atoms with van der Waals surface area (Å²) in [5.74, 6) is -3.80. The van der Waals surface area contributed by atoms with Gasteiger partial charge in [0.15, 0.2) is 11.5 Å². The maximum Gasteiger partial charge on any atom is 0.276 e. The van der Waals surface area contributed by atoms with Gasteiger partial charge in [-0.05, 0) is 44.5 Å². The van der Waals surface area contributed by atoms with E-state index in [1.165, 1.54) is 12.5 Å². The highest BCUT2D eigenvalue weighted by atomic mass is 35.5. The number of halogens is 4. The van der Waals surface area contributed by atoms with Gasteiger partial charge in [-0.15, -0.1) is 12.4 Å². The number of carbonyl (C=O) groups excluding carboxylic acids is 1. The van der Waals surface area contributed by atoms with Crippen molar-refractivity contribution in [3.8, 4) is 17.1 Å². The lowest BCUT2D eigenvalue weighted by Gasteiger charge is -2.18. The lowest BCUT2D eigenvalue weighted by molar-refractivity contribution is 0.102. The molecule has 1 atom stereocenters. The molecule has 3 heterocycles. The highest BCUT2D eigenvalue weighted by Crippen LogP contribution is 2.30. The van der Waals surface area contributed by atoms with Crippen molar-refractivity contribution in [1.82, 2.24) is 20.3 Å². The van der Waals surface area contributed by atoms with Crippen LogP contribution in [0.1, 0.15) is 29.8 Å². The fourth-order valence-electron chi connectivity index (χ4n) is 3.53. The Hall–Kier alpha value is -3.44. The number of nitrogens with two attached hydrogens (primary N) is 1. The second-order valence-electron chi connectivity index (χ2n) is 7.47. The Kier molecular flexibility index (Phi) is 8.24. The molecule has 12 heteroatoms. The maximum atomic E-state index is 14.5. The minimum atomic E-state index is -1.07. The molecule has 4 rings (SSSR count). The van der Waals surface area contributed by atoms with Gasteiger partial charge in [0, 0.05) is 6.07 Å². The normalized spacial score (nSPS) is 15.7. The van der Waals surface area contributed by atoms with Crippen molar-refractivity contribution < 1.29 is 22.7 Å². The van der Waals surface area contributed by atoms with Gasteiger partial charge < -0.3 is 21.1 Å². The van der Waals surface area contributed by atoms with E-state index in [0.717, 1.165) is 56.6 Å². The second-order valence-corrected chi connectivity index (χ2v) is 7.47. The molecule has 3 aromatic rings. The Labute approximate surface area is 199 Å². The fourth-order valence-corrected chi connectivity index (χ4v) is 3.53. The minimum Gasteiger partial charge on any atom is -0.473 e. The van der Waals surface area contributed by atoms with Crippen molar-refractivity contribution >= 4 is 29.7 Å². The molecular weight excluding hydrogens is 473 g/mol. The summed E-state index contributed by atoms with van der Waals surface area (Å²) in [6, 6.07) is 3.85. The first kappa shape index (κ1) is 25.2. The van der Waals surface area contributed by atoms with Gasteiger partial charge in [-0.2, -0.15) is 4.98 Å². The number of pyridine rings is 1. The molecule has 1 amide bonds. The number of nitrogens with one attached hydrogen (secondary N) is 2. The van der Waals surface area contributed by atoms with Gasteiger partial charge in [-0.25, -0.2) is 23.1 Å². The van der Waals surface area contributed by atoms with Crippen LogP contribution in [0.25, 0.3) is 11.3 Å². The number of rotatable bonds is 5. The summed E-state index contributed by atoms with van der Waals surface area (Å²) < 4.78 is 48.8. The summed E-state index contributed by atoms with van der Waals surface area (Å²) in [7, 11) is 0. The fraction of sp³-hybridized carbons (Fsp3) is 0.273. The van der Waals surface area contributed by atoms with Gasteiger partial charge in [-0.3, -0.25) is 4.79 Å². The second kappa shape index (κ2) is 11.1. The molecule has 4 N–H and O–H groups in total. The number of aromatic nitrogens is 3. The van der Waals surface area contributed by atoms with Crippen LogP contribution in [0.15, 0.2) is 36.8 Å². The standard InChI is InChI=1S/C22H21F3N6O2.ClH/c23-13-4-1-5-14(24)18(13)19-15(25)9-16(26)20(31-19)21(32)30-17-10-28-11-29-22(17)33-12-3-2-7-27-8-6-12;/h1,4-5,9-12,27H,2-3,6-8,26H2,(H,30,32);1H. The van der Waals surface area contributed by atoms with Gasteiger partial charge in [0.25, 0.3) is 5.91 Å². The molecule has 1 aliphatic heterocycles. The van der Waals surface area contributed by atoms with Crippen LogP contribution in [-0.2, 0) is 0 Å². The molecule has 180 valence electrons. The number of ether oxygens (including phenoxy) is 1. The zero-order chi connectivity index (χ0) is 23.4. The van der Waals surface area contributed by atoms with Crippen molar-refractivity contribution in [3.05, 3.63) is 59.9 Å². The number of amides is 1. The zero-order valence-corrected chi connectivity index (χ0v) is 18.7. The van der Waals surface area contributed by atoms with E-state index >= 15 is 0 Å². The topological polar surface area (TPSA) is 115 Å². The third-order valence-electron chi connectivity index (χ3n) is 5.15. The summed E-state index contributed by atoms with van der Waals surface area (Å²) in [4.78, 5) is 24.7. The molecule has 8 nitrogen and oxygen atoms in total. The number of hydrogen-bond acceptors (Lipinski definition) is 7. The van der Waals surface area contributed by atoms with E-state index in [9.17, 15) is 18.0 Å². The lowest BCUT2D eigenvalue weighted by Crippen LogP contribution is -2.22. The quantitative estimate of drug-likeness (QED) is 0.495. The van der Waals surface area contributed by atoms with Crippen LogP contribution < -0.4 is 21.1 Å². The van der Waals surface area contributed by atoms with Gasteiger partial charge >= 0.3 is 0 Å². The number of nitrogens with zero attached hydrogens (tertiary/aromatic N) is 3. The predicted molar refractivity (Wildman–Crippen MR) is 122 cm³/mol. The molecule has 34 heavy (non-hydrogen) atoms. The molecule has 2 aromatic heterocycles. The van der Waals surface area contributed by atoms with E-state index < -0.39 is 40.3 Å². The van der Waals surface area contributed by atoms with E-state index in [-0.39, 0.29) is 35.8 Å². The average Bonchev–Trinajstić information content (AvgIpc) is 3.05. The molecule has 0 bridgehead atoms. The van der Waals surface area contributed by atoms with Gasteiger partial charge in [-0.1, -0.05) is 6.07 Å². The third kappa shape index (κ3) is 5.54. The van der Waals surface area contributed by atoms with Crippen LogP contribution >= 0.6 is 12.4 Å². The van der Waals surface area contributed by atoms with Gasteiger partial charge in [0.05, 0.1) is 17.4 Å². The van der Waals surface area contributed by atoms with Crippen LogP contribution in [0.4, 0.5) is 24.5 Å². The first-order valence-electron chi connectivity index (χ1n) is 10.3. The number of nitrogen functional groups attached to an aromatic ring is 1. The SMILES string of the molecule is Cl.Nc1cc(F)c(-c2c(F)cccc2F)nc1C(=O)Nc1cncnc1OC1CCCNCC1. The Balaban J connectivity index is 0.00000324. The molecule has 1 unspecified atom stereocenters. The monoisotopic (exact) mass is 494 g/mol. The van der Waals surface area contributed by atoms with E-state index in [1.807, 2.05) is 0 Å². The Bertz CT molecular complexity index is 1160. The molecule has 1 aliphatic rings. The molecule has 1 aromatic carbocycles. The van der Waals surface area contributed by atoms with Gasteiger partial charge in [0.2, 0.25) is 5.88 Å². The van der Waals surface area contributed by atoms with Crippen LogP contribution in [0.2, 0.25) is 0 Å². The van der Waals surface area contributed by atoms with Gasteiger partial charge in [0.1, 0.15) is 35.4 Å². The molecule has 1 fully saturated rings. The zero-order valence-electron chi connectivity index (χ0n) is 17.9. The Morgan fingerprint density at radius 3 is 2.68 bits per heavy atom. The Morgan fingerprint density at radius 1 is 1.15 bits per heavy atom. The van der Waals surface area contributed by atoms with Crippen LogP contribution in [-0.4, -0.2) is 40.1 Å². The average molecular weight is 495 g/mol. The smallest absolute Gasteiger partial charge is 0.276 e. The lowest BCUT2D eigenvalue weighted by atomic mass is 10.1. The first-order chi connectivity index (χ1) is 15.9. The highest BCUT2D eigenvalue weighted by Gasteiger charge is 2.23. The summed E-state index contributed by atoms with van der Waals surface area (Å²) in [5.41, 5.74) is 3.85. The van der Waals surface area contributed by atoms with Crippen molar-refractivity contribution in [1.29, 1.82) is 0 Å². The van der Waals surface area contributed by atoms with Crippen molar-refractivity contribution in [2.45, 2.75) is 25.4 Å². The maximum absolute atomic E-state index is 14.5. The van der Waals surface area contributed by atoms with Crippen LogP contribution in [0.3, 0.4) is 0 Å². The minimum absolute atomic E-state index is 0. The summed E-state index contributed by atoms with van der Waals surface area (Å²) in [6.45, 7) is 1.69. The number of carbonyl (C=O) groups is 1. The molecule has 1 saturated heterocycles. The number of hydrogen-bond donors (Lipinski definition) is 3. The number of anilines is 2. The van der Waals surface area contributed by atoms with E-state index in [1.54, 1.807) is 0 Å². The molecule has 0 saturated carbocycles. The van der Waals surface area contributed by atoms with Crippen LogP contribution in [0, 0.1) is 17.5 Å². The third-order valence-corrected chi connectivity index (χ3v) is 5.15. The molecule has 0 radical (unpaired) electrons. The first-order valence-corrected chi connectivity index (χ1v) is 10.3. The van der Waals surface area contributed by atoms with Crippen molar-refractivity contribution in [2.24, 2.45) is 0 Å². The highest BCUT2D eigenvalue weighted by molar-refractivity contribution is 6.07. The summed E-state index contributed by atoms with van der Waals surface area (Å²) in [5, 5.41) is 5.82. The molecular formula is C22H22ClF3N6O2. The van der Waals surface area contributed by atoms with E-state index in [4.69, 9.17) is 10.5 Å². The summed E-state index contributed by atoms with van der Waals surface area (Å²) >= 11 is 0. The van der Waals surface area contributed by atoms with Crippen LogP contribution in [0.5, 0.6) is 5.88 Å². The van der Waals surface area contributed by atoms with Crippen molar-refractivity contribution in [2.75, 3.05) is 24.1 Å².